The lowest BCUT2D eigenvalue weighted by Gasteiger charge is -2.36. The van der Waals surface area contributed by atoms with Gasteiger partial charge in [-0.15, -0.1) is 0 Å². The molecule has 68 heavy (non-hydrogen) atoms. The van der Waals surface area contributed by atoms with E-state index in [4.69, 9.17) is 0 Å². The largest absolute Gasteiger partial charge is 0.310 e. The number of anilines is 6. The second-order valence-electron chi connectivity index (χ2n) is 19.2. The minimum absolute atomic E-state index is 0.174. The van der Waals surface area contributed by atoms with E-state index in [1.54, 1.807) is 0 Å². The number of hydrogen-bond acceptors (Lipinski definition) is 2. The van der Waals surface area contributed by atoms with Gasteiger partial charge < -0.3 is 9.80 Å². The highest BCUT2D eigenvalue weighted by molar-refractivity contribution is 6.04. The summed E-state index contributed by atoms with van der Waals surface area (Å²) in [6.45, 7) is 4.76. The average Bonchev–Trinajstić information content (AvgIpc) is 3.68. The van der Waals surface area contributed by atoms with E-state index >= 15 is 0 Å². The maximum Gasteiger partial charge on any atom is 0.0725 e. The van der Waals surface area contributed by atoms with Crippen molar-refractivity contribution in [1.29, 1.82) is 0 Å². The normalized spacial score (nSPS) is 14.5. The van der Waals surface area contributed by atoms with Gasteiger partial charge in [0.25, 0.3) is 0 Å². The van der Waals surface area contributed by atoms with Crippen molar-refractivity contribution in [1.82, 2.24) is 0 Å². The highest BCUT2D eigenvalue weighted by atomic mass is 15.2. The SMILES string of the molecule is CC1(C)c2ccccc2-c2ccc(N(c3ccc4c(c3)-c3ccccc3-c3ccccc3N4c3ccccc3)c3ccc4c(c3)C3(c5ccccc5C=Cc5ccccc53)c3ccccc3-4)cc21. The Hall–Kier alpha value is -8.46. The Balaban J connectivity index is 1.05. The Morgan fingerprint density at radius 3 is 1.43 bits per heavy atom. The summed E-state index contributed by atoms with van der Waals surface area (Å²) < 4.78 is 0. The van der Waals surface area contributed by atoms with Crippen molar-refractivity contribution in [2.45, 2.75) is 24.7 Å². The first-order valence-corrected chi connectivity index (χ1v) is 23.8. The molecule has 3 aliphatic carbocycles. The van der Waals surface area contributed by atoms with E-state index in [1.807, 2.05) is 0 Å². The van der Waals surface area contributed by atoms with Gasteiger partial charge in [-0.2, -0.15) is 0 Å². The third-order valence-electron chi connectivity index (χ3n) is 15.4. The molecule has 1 heterocycles. The van der Waals surface area contributed by atoms with Gasteiger partial charge in [0.1, 0.15) is 0 Å². The molecule has 0 aromatic heterocycles. The van der Waals surface area contributed by atoms with Crippen molar-refractivity contribution in [3.63, 3.8) is 0 Å². The highest BCUT2D eigenvalue weighted by Crippen LogP contribution is 2.60. The highest BCUT2D eigenvalue weighted by Gasteiger charge is 2.49. The van der Waals surface area contributed by atoms with E-state index in [0.717, 1.165) is 34.1 Å². The van der Waals surface area contributed by atoms with Crippen molar-refractivity contribution in [3.8, 4) is 44.5 Å². The fourth-order valence-electron chi connectivity index (χ4n) is 12.5. The second kappa shape index (κ2) is 14.5. The Kier molecular flexibility index (Phi) is 8.28. The third-order valence-corrected chi connectivity index (χ3v) is 15.4. The minimum Gasteiger partial charge on any atom is -0.310 e. The molecule has 2 heteroatoms. The molecule has 14 rings (SSSR count). The Bertz CT molecular complexity index is 3690. The average molecular weight is 867 g/mol. The first-order valence-electron chi connectivity index (χ1n) is 23.8. The monoisotopic (exact) mass is 866 g/mol. The van der Waals surface area contributed by atoms with Crippen LogP contribution in [0.3, 0.4) is 0 Å². The zero-order chi connectivity index (χ0) is 45.1. The van der Waals surface area contributed by atoms with E-state index in [0.29, 0.717) is 0 Å². The van der Waals surface area contributed by atoms with Crippen LogP contribution in [0, 0.1) is 0 Å². The van der Waals surface area contributed by atoms with Crippen LogP contribution in [0.15, 0.2) is 231 Å². The Labute approximate surface area is 398 Å². The zero-order valence-corrected chi connectivity index (χ0v) is 38.0. The Morgan fingerprint density at radius 2 is 0.750 bits per heavy atom. The maximum absolute atomic E-state index is 2.52. The molecule has 0 fully saturated rings. The van der Waals surface area contributed by atoms with E-state index in [1.165, 1.54) is 89.0 Å². The third kappa shape index (κ3) is 5.34. The molecule has 0 radical (unpaired) electrons. The summed E-state index contributed by atoms with van der Waals surface area (Å²) in [5, 5.41) is 0. The van der Waals surface area contributed by atoms with Gasteiger partial charge in [0.2, 0.25) is 0 Å². The molecule has 4 aliphatic rings. The lowest BCUT2D eigenvalue weighted by molar-refractivity contribution is 0.660. The van der Waals surface area contributed by atoms with Gasteiger partial charge in [-0.25, -0.2) is 0 Å². The Morgan fingerprint density at radius 1 is 0.309 bits per heavy atom. The topological polar surface area (TPSA) is 6.48 Å². The smallest absolute Gasteiger partial charge is 0.0725 e. The summed E-state index contributed by atoms with van der Waals surface area (Å²) in [6.07, 6.45) is 4.63. The fourth-order valence-corrected chi connectivity index (χ4v) is 12.5. The van der Waals surface area contributed by atoms with Crippen LogP contribution < -0.4 is 9.80 Å². The molecule has 0 unspecified atom stereocenters. The van der Waals surface area contributed by atoms with Gasteiger partial charge in [-0.3, -0.25) is 0 Å². The van der Waals surface area contributed by atoms with Crippen molar-refractivity contribution in [2.75, 3.05) is 9.80 Å². The first kappa shape index (κ1) is 38.8. The predicted molar refractivity (Wildman–Crippen MR) is 284 cm³/mol. The molecule has 1 spiro atoms. The minimum atomic E-state index is -0.555. The van der Waals surface area contributed by atoms with Gasteiger partial charge >= 0.3 is 0 Å². The van der Waals surface area contributed by atoms with E-state index < -0.39 is 5.41 Å². The van der Waals surface area contributed by atoms with Crippen LogP contribution in [0.2, 0.25) is 0 Å². The molecule has 0 saturated carbocycles. The van der Waals surface area contributed by atoms with E-state index in [2.05, 4.69) is 266 Å². The number of fused-ring (bicyclic) bond motifs is 17. The van der Waals surface area contributed by atoms with Gasteiger partial charge in [0.15, 0.2) is 0 Å². The van der Waals surface area contributed by atoms with Crippen LogP contribution in [0.25, 0.3) is 56.7 Å². The molecule has 2 nitrogen and oxygen atoms in total. The van der Waals surface area contributed by atoms with E-state index in [9.17, 15) is 0 Å². The van der Waals surface area contributed by atoms with Crippen LogP contribution in [-0.2, 0) is 10.8 Å². The summed E-state index contributed by atoms with van der Waals surface area (Å²) in [5.41, 5.74) is 26.5. The number of para-hydroxylation sites is 2. The molecule has 0 saturated heterocycles. The van der Waals surface area contributed by atoms with Crippen LogP contribution in [0.4, 0.5) is 34.1 Å². The fraction of sp³-hybridized carbons (Fsp3) is 0.0606. The number of rotatable bonds is 4. The summed E-state index contributed by atoms with van der Waals surface area (Å²) in [4.78, 5) is 4.97. The van der Waals surface area contributed by atoms with Crippen molar-refractivity contribution < 1.29 is 0 Å². The van der Waals surface area contributed by atoms with Gasteiger partial charge in [0.05, 0.1) is 16.8 Å². The lowest BCUT2D eigenvalue weighted by atomic mass is 9.66. The van der Waals surface area contributed by atoms with Gasteiger partial charge in [-0.05, 0) is 139 Å². The summed E-state index contributed by atoms with van der Waals surface area (Å²) in [7, 11) is 0. The molecule has 0 N–H and O–H groups in total. The molecule has 10 aromatic carbocycles. The molecular formula is C66H46N2. The molecule has 0 atom stereocenters. The van der Waals surface area contributed by atoms with Crippen LogP contribution in [0.1, 0.15) is 58.4 Å². The lowest BCUT2D eigenvalue weighted by Crippen LogP contribution is -2.30. The summed E-state index contributed by atoms with van der Waals surface area (Å²) >= 11 is 0. The molecule has 1 aliphatic heterocycles. The molecule has 0 bridgehead atoms. The standard InChI is InChI=1S/C66H46N2/c1-65(2)59-29-15-10-24-51(59)53-37-34-47(41-61(53)65)67(46-36-39-64-56(40-46)50-23-9-8-22-49(50)55-26-12-17-31-63(55)68(64)45-20-4-3-5-21-45)48-35-38-54-52-25-11-16-30-60(52)66(62(54)42-48)57-27-13-6-18-43(57)32-33-44-19-7-14-28-58(44)66/h3-42H,1-2H3. The van der Waals surface area contributed by atoms with Crippen molar-refractivity contribution in [3.05, 3.63) is 275 Å². The van der Waals surface area contributed by atoms with Gasteiger partial charge in [-0.1, -0.05) is 196 Å². The number of benzene rings is 10. The first-order chi connectivity index (χ1) is 33.5. The maximum atomic E-state index is 2.52. The van der Waals surface area contributed by atoms with Gasteiger partial charge in [0, 0.05) is 39.3 Å². The molecule has 0 amide bonds. The van der Waals surface area contributed by atoms with Crippen LogP contribution in [0.5, 0.6) is 0 Å². The van der Waals surface area contributed by atoms with E-state index in [-0.39, 0.29) is 5.41 Å². The quantitative estimate of drug-likeness (QED) is 0.174. The van der Waals surface area contributed by atoms with Crippen LogP contribution >= 0.6 is 0 Å². The van der Waals surface area contributed by atoms with Crippen LogP contribution in [-0.4, -0.2) is 0 Å². The van der Waals surface area contributed by atoms with Crippen molar-refractivity contribution in [2.24, 2.45) is 0 Å². The second-order valence-corrected chi connectivity index (χ2v) is 19.2. The summed E-state index contributed by atoms with van der Waals surface area (Å²) in [5.74, 6) is 0. The summed E-state index contributed by atoms with van der Waals surface area (Å²) in [6, 6.07) is 86.3. The van der Waals surface area contributed by atoms with Crippen molar-refractivity contribution >= 4 is 46.3 Å². The predicted octanol–water partition coefficient (Wildman–Crippen LogP) is 17.4. The molecule has 320 valence electrons. The number of nitrogens with zero attached hydrogens (tertiary/aromatic N) is 2. The number of hydrogen-bond donors (Lipinski definition) is 0. The zero-order valence-electron chi connectivity index (χ0n) is 38.0. The molecular weight excluding hydrogens is 821 g/mol. The molecule has 10 aromatic rings.